The van der Waals surface area contributed by atoms with Gasteiger partial charge in [0.05, 0.1) is 0 Å². The number of rotatable bonds is 7. The van der Waals surface area contributed by atoms with Crippen molar-refractivity contribution in [2.45, 2.75) is 19.4 Å². The fraction of sp³-hybridized carbons (Fsp3) is 0.294. The number of hydrogen-bond donors (Lipinski definition) is 2. The molecule has 0 fully saturated rings. The van der Waals surface area contributed by atoms with Crippen LogP contribution in [0.1, 0.15) is 13.8 Å². The van der Waals surface area contributed by atoms with E-state index in [9.17, 15) is 4.79 Å². The highest BCUT2D eigenvalue weighted by Crippen LogP contribution is 2.22. The summed E-state index contributed by atoms with van der Waals surface area (Å²) < 4.78 is 11.0. The Kier molecular flexibility index (Phi) is 9.89. The number of amides is 1. The van der Waals surface area contributed by atoms with E-state index in [0.29, 0.717) is 23.9 Å². The topological polar surface area (TPSA) is 86.5 Å². The van der Waals surface area contributed by atoms with Crippen LogP contribution in [0.2, 0.25) is 0 Å². The molecule has 0 aliphatic heterocycles. The first-order chi connectivity index (χ1) is 11.0. The summed E-state index contributed by atoms with van der Waals surface area (Å²) in [5.41, 5.74) is 5.12. The summed E-state index contributed by atoms with van der Waals surface area (Å²) in [7, 11) is 0. The predicted molar refractivity (Wildman–Crippen MR) is 102 cm³/mol. The van der Waals surface area contributed by atoms with E-state index in [0.717, 1.165) is 0 Å². The van der Waals surface area contributed by atoms with Gasteiger partial charge in [-0.25, -0.2) is 4.98 Å². The molecule has 0 bridgehead atoms. The van der Waals surface area contributed by atoms with Crippen LogP contribution in [0.25, 0.3) is 0 Å². The van der Waals surface area contributed by atoms with E-state index >= 15 is 0 Å². The first-order valence-corrected chi connectivity index (χ1v) is 7.31. The number of pyridine rings is 1. The summed E-state index contributed by atoms with van der Waals surface area (Å²) >= 11 is 0. The summed E-state index contributed by atoms with van der Waals surface area (Å²) in [5.74, 6) is 1.53. The number of hydrogen-bond acceptors (Lipinski definition) is 5. The number of aromatic nitrogens is 1. The smallest absolute Gasteiger partial charge is 0.258 e. The van der Waals surface area contributed by atoms with Crippen LogP contribution in [-0.4, -0.2) is 29.6 Å². The minimum atomic E-state index is -0.444. The number of halogens is 2. The largest absolute Gasteiger partial charge is 0.484 e. The molecule has 3 N–H and O–H groups in total. The van der Waals surface area contributed by atoms with Gasteiger partial charge in [0, 0.05) is 24.3 Å². The minimum absolute atomic E-state index is 0. The van der Waals surface area contributed by atoms with Crippen molar-refractivity contribution in [3.8, 4) is 17.4 Å². The summed E-state index contributed by atoms with van der Waals surface area (Å²) in [6, 6.07) is 12.4. The average molecular weight is 388 g/mol. The maximum absolute atomic E-state index is 11.8. The van der Waals surface area contributed by atoms with Crippen LogP contribution in [-0.2, 0) is 4.79 Å². The molecule has 0 saturated heterocycles. The van der Waals surface area contributed by atoms with Gasteiger partial charge in [-0.05, 0) is 44.2 Å². The lowest BCUT2D eigenvalue weighted by atomic mass is 10.1. The molecule has 0 aliphatic carbocycles. The Hall–Kier alpha value is -2.02. The van der Waals surface area contributed by atoms with Crippen molar-refractivity contribution in [3.63, 3.8) is 0 Å². The molecule has 1 heterocycles. The monoisotopic (exact) mass is 387 g/mol. The lowest BCUT2D eigenvalue weighted by molar-refractivity contribution is -0.124. The van der Waals surface area contributed by atoms with Gasteiger partial charge >= 0.3 is 0 Å². The lowest BCUT2D eigenvalue weighted by Crippen LogP contribution is -2.50. The number of benzene rings is 1. The molecule has 0 aliphatic rings. The molecule has 0 saturated carbocycles. The second-order valence-corrected chi connectivity index (χ2v) is 5.67. The van der Waals surface area contributed by atoms with Gasteiger partial charge in [-0.3, -0.25) is 4.79 Å². The zero-order valence-electron chi connectivity index (χ0n) is 14.1. The third-order valence-corrected chi connectivity index (χ3v) is 3.04. The maximum Gasteiger partial charge on any atom is 0.258 e. The van der Waals surface area contributed by atoms with E-state index in [1.165, 1.54) is 0 Å². The second kappa shape index (κ2) is 10.8. The van der Waals surface area contributed by atoms with Crippen molar-refractivity contribution in [1.82, 2.24) is 10.3 Å². The molecular weight excluding hydrogens is 365 g/mol. The number of carbonyl (C=O) groups excluding carboxylic acids is 1. The number of nitrogens with two attached hydrogens (primary N) is 1. The van der Waals surface area contributed by atoms with Crippen LogP contribution in [0.3, 0.4) is 0 Å². The van der Waals surface area contributed by atoms with Crippen molar-refractivity contribution >= 4 is 30.7 Å². The molecular formula is C17H23Cl2N3O3. The molecule has 1 aromatic carbocycles. The fourth-order valence-electron chi connectivity index (χ4n) is 1.75. The third-order valence-electron chi connectivity index (χ3n) is 3.04. The molecule has 0 atom stereocenters. The highest BCUT2D eigenvalue weighted by molar-refractivity contribution is 5.85. The Morgan fingerprint density at radius 3 is 2.32 bits per heavy atom. The van der Waals surface area contributed by atoms with E-state index in [-0.39, 0.29) is 37.3 Å². The molecule has 0 radical (unpaired) electrons. The van der Waals surface area contributed by atoms with Crippen molar-refractivity contribution in [2.75, 3.05) is 13.2 Å². The molecule has 138 valence electrons. The van der Waals surface area contributed by atoms with Gasteiger partial charge in [-0.2, -0.15) is 0 Å². The molecule has 2 aromatic rings. The number of nitrogens with one attached hydrogen (secondary N) is 1. The van der Waals surface area contributed by atoms with Gasteiger partial charge in [0.1, 0.15) is 11.5 Å². The van der Waals surface area contributed by atoms with E-state index in [4.69, 9.17) is 15.2 Å². The molecule has 0 spiro atoms. The van der Waals surface area contributed by atoms with Crippen molar-refractivity contribution in [3.05, 3.63) is 48.7 Å². The van der Waals surface area contributed by atoms with Gasteiger partial charge in [-0.1, -0.05) is 6.07 Å². The maximum atomic E-state index is 11.8. The second-order valence-electron chi connectivity index (χ2n) is 5.67. The average Bonchev–Trinajstić information content (AvgIpc) is 2.55. The van der Waals surface area contributed by atoms with Crippen molar-refractivity contribution in [2.24, 2.45) is 5.73 Å². The SMILES string of the molecule is CC(C)(CN)NC(=O)COc1ccc(Oc2ccccn2)cc1.Cl.Cl. The number of ether oxygens (including phenoxy) is 2. The van der Waals surface area contributed by atoms with Crippen molar-refractivity contribution in [1.29, 1.82) is 0 Å². The third kappa shape index (κ3) is 8.07. The zero-order valence-corrected chi connectivity index (χ0v) is 15.7. The zero-order chi connectivity index (χ0) is 16.7. The Balaban J connectivity index is 0.00000288. The van der Waals surface area contributed by atoms with E-state index in [1.54, 1.807) is 36.5 Å². The summed E-state index contributed by atoms with van der Waals surface area (Å²) in [6.07, 6.45) is 1.66. The van der Waals surface area contributed by atoms with E-state index in [2.05, 4.69) is 10.3 Å². The Morgan fingerprint density at radius 1 is 1.12 bits per heavy atom. The normalized spacial score (nSPS) is 10.0. The van der Waals surface area contributed by atoms with Gasteiger partial charge in [0.25, 0.3) is 5.91 Å². The van der Waals surface area contributed by atoms with Gasteiger partial charge in [0.15, 0.2) is 6.61 Å². The van der Waals surface area contributed by atoms with Crippen LogP contribution in [0, 0.1) is 0 Å². The standard InChI is InChI=1S/C17H21N3O3.2ClH/c1-17(2,12-18)20-15(21)11-22-13-6-8-14(9-7-13)23-16-5-3-4-10-19-16;;/h3-10H,11-12,18H2,1-2H3,(H,20,21);2*1H. The highest BCUT2D eigenvalue weighted by Gasteiger charge is 2.18. The number of carbonyl (C=O) groups is 1. The number of nitrogens with zero attached hydrogens (tertiary/aromatic N) is 1. The van der Waals surface area contributed by atoms with Crippen LogP contribution in [0.15, 0.2) is 48.7 Å². The van der Waals surface area contributed by atoms with E-state index < -0.39 is 5.54 Å². The molecule has 1 aromatic heterocycles. The summed E-state index contributed by atoms with van der Waals surface area (Å²) in [4.78, 5) is 15.9. The molecule has 0 unspecified atom stereocenters. The Bertz CT molecular complexity index is 637. The van der Waals surface area contributed by atoms with Crippen LogP contribution < -0.4 is 20.5 Å². The van der Waals surface area contributed by atoms with Gasteiger partial charge in [0.2, 0.25) is 5.88 Å². The van der Waals surface area contributed by atoms with Gasteiger partial charge in [-0.15, -0.1) is 24.8 Å². The van der Waals surface area contributed by atoms with Crippen LogP contribution >= 0.6 is 24.8 Å². The lowest BCUT2D eigenvalue weighted by Gasteiger charge is -2.24. The fourth-order valence-corrected chi connectivity index (χ4v) is 1.75. The molecule has 6 nitrogen and oxygen atoms in total. The predicted octanol–water partition coefficient (Wildman–Crippen LogP) is 2.95. The van der Waals surface area contributed by atoms with Crippen molar-refractivity contribution < 1.29 is 14.3 Å². The molecule has 8 heteroatoms. The quantitative estimate of drug-likeness (QED) is 0.762. The summed E-state index contributed by atoms with van der Waals surface area (Å²) in [6.45, 7) is 4.01. The highest BCUT2D eigenvalue weighted by atomic mass is 35.5. The molecule has 2 rings (SSSR count). The Labute approximate surface area is 159 Å². The van der Waals surface area contributed by atoms with Crippen LogP contribution in [0.4, 0.5) is 0 Å². The molecule has 25 heavy (non-hydrogen) atoms. The first kappa shape index (κ1) is 23.0. The van der Waals surface area contributed by atoms with E-state index in [1.807, 2.05) is 26.0 Å². The molecule has 1 amide bonds. The van der Waals surface area contributed by atoms with Gasteiger partial charge < -0.3 is 20.5 Å². The van der Waals surface area contributed by atoms with Crippen LogP contribution in [0.5, 0.6) is 17.4 Å². The minimum Gasteiger partial charge on any atom is -0.484 e. The Morgan fingerprint density at radius 2 is 1.76 bits per heavy atom. The summed E-state index contributed by atoms with van der Waals surface area (Å²) in [5, 5.41) is 2.80. The first-order valence-electron chi connectivity index (χ1n) is 7.31.